The van der Waals surface area contributed by atoms with Crippen LogP contribution in [-0.4, -0.2) is 44.5 Å². The maximum absolute atomic E-state index is 12.2. The van der Waals surface area contributed by atoms with Crippen LogP contribution in [0, 0.1) is 0 Å². The molecule has 0 fully saturated rings. The van der Waals surface area contributed by atoms with Crippen LogP contribution in [0.3, 0.4) is 0 Å². The third kappa shape index (κ3) is 4.17. The van der Waals surface area contributed by atoms with Gasteiger partial charge in [0.1, 0.15) is 11.7 Å². The second-order valence-corrected chi connectivity index (χ2v) is 5.99. The summed E-state index contributed by atoms with van der Waals surface area (Å²) in [5, 5.41) is 11.7. The number of aromatic nitrogens is 2. The number of aliphatic carboxylic acids is 1. The number of benzene rings is 1. The van der Waals surface area contributed by atoms with E-state index in [9.17, 15) is 14.7 Å². The van der Waals surface area contributed by atoms with Gasteiger partial charge in [0.25, 0.3) is 5.91 Å². The first-order valence-corrected chi connectivity index (χ1v) is 8.10. The van der Waals surface area contributed by atoms with Crippen molar-refractivity contribution in [2.75, 3.05) is 11.5 Å². The van der Waals surface area contributed by atoms with Crippen molar-refractivity contribution in [3.8, 4) is 0 Å². The number of hydrogen-bond acceptors (Lipinski definition) is 5. The van der Waals surface area contributed by atoms with E-state index in [4.69, 9.17) is 0 Å². The number of hydrogen-bond donors (Lipinski definition) is 2. The molecule has 0 saturated carbocycles. The highest BCUT2D eigenvalue weighted by molar-refractivity contribution is 7.99. The number of fused-ring (bicyclic) bond motifs is 1. The molecule has 1 aromatic carbocycles. The number of carbonyl (C=O) groups excluding carboxylic acids is 1. The number of thioether (sulfide) groups is 1. The maximum atomic E-state index is 12.2. The number of para-hydroxylation sites is 2. The summed E-state index contributed by atoms with van der Waals surface area (Å²) >= 11 is 1.64. The molecule has 0 aliphatic carbocycles. The lowest BCUT2D eigenvalue weighted by atomic mass is 10.2. The second-order valence-electron chi connectivity index (χ2n) is 4.59. The van der Waals surface area contributed by atoms with Gasteiger partial charge in [0.05, 0.1) is 17.2 Å². The van der Waals surface area contributed by atoms with E-state index >= 15 is 0 Å². The number of carboxylic acids is 1. The SMILES string of the molecule is CCSCCC(NC(=O)c1cnc2ccccc2n1)C(=O)O. The Labute approximate surface area is 132 Å². The molecule has 116 valence electrons. The number of carboxylic acid groups (broad SMARTS) is 1. The normalized spacial score (nSPS) is 12.0. The van der Waals surface area contributed by atoms with Gasteiger partial charge >= 0.3 is 5.97 Å². The number of nitrogens with one attached hydrogen (secondary N) is 1. The summed E-state index contributed by atoms with van der Waals surface area (Å²) in [6, 6.07) is 6.28. The van der Waals surface area contributed by atoms with Gasteiger partial charge in [-0.05, 0) is 30.1 Å². The molecule has 6 nitrogen and oxygen atoms in total. The molecule has 22 heavy (non-hydrogen) atoms. The van der Waals surface area contributed by atoms with E-state index in [1.54, 1.807) is 30.0 Å². The van der Waals surface area contributed by atoms with Gasteiger partial charge in [0, 0.05) is 0 Å². The average molecular weight is 319 g/mol. The Bertz CT molecular complexity index is 678. The Morgan fingerprint density at radius 1 is 1.32 bits per heavy atom. The molecule has 1 amide bonds. The molecule has 0 bridgehead atoms. The number of amides is 1. The van der Waals surface area contributed by atoms with Crippen molar-refractivity contribution in [1.29, 1.82) is 0 Å². The van der Waals surface area contributed by atoms with Crippen LogP contribution in [-0.2, 0) is 4.79 Å². The summed E-state index contributed by atoms with van der Waals surface area (Å²) in [4.78, 5) is 31.7. The smallest absolute Gasteiger partial charge is 0.326 e. The zero-order chi connectivity index (χ0) is 15.9. The topological polar surface area (TPSA) is 92.2 Å². The molecular formula is C15H17N3O3S. The van der Waals surface area contributed by atoms with Gasteiger partial charge in [-0.25, -0.2) is 9.78 Å². The Hall–Kier alpha value is -2.15. The van der Waals surface area contributed by atoms with Gasteiger partial charge in [0.15, 0.2) is 0 Å². The van der Waals surface area contributed by atoms with Crippen molar-refractivity contribution in [3.05, 3.63) is 36.2 Å². The third-order valence-electron chi connectivity index (χ3n) is 3.04. The molecule has 2 N–H and O–H groups in total. The lowest BCUT2D eigenvalue weighted by molar-refractivity contribution is -0.139. The third-order valence-corrected chi connectivity index (χ3v) is 3.97. The van der Waals surface area contributed by atoms with Crippen LogP contribution in [0.25, 0.3) is 11.0 Å². The molecule has 2 rings (SSSR count). The summed E-state index contributed by atoms with van der Waals surface area (Å²) < 4.78 is 0. The minimum atomic E-state index is -1.04. The molecule has 7 heteroatoms. The molecule has 0 saturated heterocycles. The maximum Gasteiger partial charge on any atom is 0.326 e. The van der Waals surface area contributed by atoms with Crippen molar-refractivity contribution in [2.24, 2.45) is 0 Å². The highest BCUT2D eigenvalue weighted by Gasteiger charge is 2.21. The van der Waals surface area contributed by atoms with Gasteiger partial charge in [-0.2, -0.15) is 11.8 Å². The highest BCUT2D eigenvalue weighted by Crippen LogP contribution is 2.09. The Balaban J connectivity index is 2.09. The lowest BCUT2D eigenvalue weighted by Crippen LogP contribution is -2.41. The van der Waals surface area contributed by atoms with Crippen LogP contribution in [0.4, 0.5) is 0 Å². The van der Waals surface area contributed by atoms with Crippen LogP contribution in [0.2, 0.25) is 0 Å². The van der Waals surface area contributed by atoms with Gasteiger partial charge < -0.3 is 10.4 Å². The Kier molecular flexibility index (Phi) is 5.71. The molecule has 1 unspecified atom stereocenters. The first-order valence-electron chi connectivity index (χ1n) is 6.95. The summed E-state index contributed by atoms with van der Waals surface area (Å²) in [6.07, 6.45) is 1.73. The Morgan fingerprint density at radius 3 is 2.73 bits per heavy atom. The first-order chi connectivity index (χ1) is 10.6. The molecule has 1 atom stereocenters. The predicted molar refractivity (Wildman–Crippen MR) is 86.0 cm³/mol. The number of nitrogens with zero attached hydrogens (tertiary/aromatic N) is 2. The second kappa shape index (κ2) is 7.74. The molecular weight excluding hydrogens is 302 g/mol. The molecule has 1 aromatic heterocycles. The minimum Gasteiger partial charge on any atom is -0.480 e. The van der Waals surface area contributed by atoms with Gasteiger partial charge in [0.2, 0.25) is 0 Å². The van der Waals surface area contributed by atoms with Crippen LogP contribution < -0.4 is 5.32 Å². The minimum absolute atomic E-state index is 0.119. The number of rotatable bonds is 7. The fraction of sp³-hybridized carbons (Fsp3) is 0.333. The molecule has 1 heterocycles. The highest BCUT2D eigenvalue weighted by atomic mass is 32.2. The number of carbonyl (C=O) groups is 2. The average Bonchev–Trinajstić information content (AvgIpc) is 2.53. The van der Waals surface area contributed by atoms with Crippen molar-refractivity contribution < 1.29 is 14.7 Å². The molecule has 0 aliphatic heterocycles. The summed E-state index contributed by atoms with van der Waals surface area (Å²) in [6.45, 7) is 2.00. The van der Waals surface area contributed by atoms with Crippen molar-refractivity contribution in [1.82, 2.24) is 15.3 Å². The summed E-state index contributed by atoms with van der Waals surface area (Å²) in [5.41, 5.74) is 1.41. The van der Waals surface area contributed by atoms with Crippen LogP contribution >= 0.6 is 11.8 Å². The van der Waals surface area contributed by atoms with Gasteiger partial charge in [-0.3, -0.25) is 9.78 Å². The van der Waals surface area contributed by atoms with Gasteiger partial charge in [-0.15, -0.1) is 0 Å². The van der Waals surface area contributed by atoms with Crippen LogP contribution in [0.5, 0.6) is 0 Å². The van der Waals surface area contributed by atoms with E-state index < -0.39 is 17.9 Å². The van der Waals surface area contributed by atoms with Crippen LogP contribution in [0.1, 0.15) is 23.8 Å². The van der Waals surface area contributed by atoms with E-state index in [2.05, 4.69) is 15.3 Å². The first kappa shape index (κ1) is 16.2. The fourth-order valence-electron chi connectivity index (χ4n) is 1.90. The molecule has 0 aliphatic rings. The largest absolute Gasteiger partial charge is 0.480 e. The van der Waals surface area contributed by atoms with E-state index in [1.165, 1.54) is 6.20 Å². The van der Waals surface area contributed by atoms with E-state index in [-0.39, 0.29) is 5.69 Å². The summed E-state index contributed by atoms with van der Waals surface area (Å²) in [7, 11) is 0. The standard InChI is InChI=1S/C15H17N3O3S/c1-2-22-8-7-12(15(20)21)18-14(19)13-9-16-10-5-3-4-6-11(10)17-13/h3-6,9,12H,2,7-8H2,1H3,(H,18,19)(H,20,21). The molecule has 0 radical (unpaired) electrons. The fourth-order valence-corrected chi connectivity index (χ4v) is 2.59. The quantitative estimate of drug-likeness (QED) is 0.758. The van der Waals surface area contributed by atoms with Crippen molar-refractivity contribution in [3.63, 3.8) is 0 Å². The summed E-state index contributed by atoms with van der Waals surface area (Å²) in [5.74, 6) is 0.0269. The zero-order valence-electron chi connectivity index (χ0n) is 12.2. The predicted octanol–water partition coefficient (Wildman–Crippen LogP) is 1.96. The van der Waals surface area contributed by atoms with Crippen molar-refractivity contribution in [2.45, 2.75) is 19.4 Å². The monoisotopic (exact) mass is 319 g/mol. The van der Waals surface area contributed by atoms with Crippen LogP contribution in [0.15, 0.2) is 30.5 Å². The van der Waals surface area contributed by atoms with Crippen molar-refractivity contribution >= 4 is 34.7 Å². The van der Waals surface area contributed by atoms with E-state index in [1.807, 2.05) is 13.0 Å². The molecule has 0 spiro atoms. The van der Waals surface area contributed by atoms with E-state index in [0.29, 0.717) is 23.2 Å². The molecule has 2 aromatic rings. The lowest BCUT2D eigenvalue weighted by Gasteiger charge is -2.13. The van der Waals surface area contributed by atoms with E-state index in [0.717, 1.165) is 5.75 Å². The van der Waals surface area contributed by atoms with Gasteiger partial charge in [-0.1, -0.05) is 19.1 Å². The Morgan fingerprint density at radius 2 is 2.05 bits per heavy atom. The zero-order valence-corrected chi connectivity index (χ0v) is 13.0.